The average molecular weight is 442 g/mol. The van der Waals surface area contributed by atoms with Gasteiger partial charge in [-0.25, -0.2) is 0 Å². The van der Waals surface area contributed by atoms with Gasteiger partial charge in [-0.3, -0.25) is 14.9 Å². The molecule has 2 amide bonds. The standard InChI is InChI=1S/C18H17Cl2N3O2S2/c1-8-5-6-9-12(7-8)27-17(13(9)15(21)24)23-18(26)22-16(25)10-3-2-4-11(19)14(10)20/h2-4,8H,5-7H2,1H3,(H2,21,24)(H2,22,23,25,26)/t8-/m0/s1. The van der Waals surface area contributed by atoms with E-state index in [-0.39, 0.29) is 20.7 Å². The highest BCUT2D eigenvalue weighted by Gasteiger charge is 2.27. The van der Waals surface area contributed by atoms with Crippen LogP contribution in [0, 0.1) is 5.92 Å². The molecule has 5 nitrogen and oxygen atoms in total. The molecule has 2 aromatic rings. The van der Waals surface area contributed by atoms with Crippen LogP contribution in [0.1, 0.15) is 44.5 Å². The molecule has 142 valence electrons. The fourth-order valence-electron chi connectivity index (χ4n) is 3.08. The highest BCUT2D eigenvalue weighted by atomic mass is 35.5. The summed E-state index contributed by atoms with van der Waals surface area (Å²) >= 11 is 18.7. The van der Waals surface area contributed by atoms with E-state index in [0.29, 0.717) is 16.5 Å². The molecule has 3 rings (SSSR count). The molecule has 1 aliphatic rings. The molecule has 0 bridgehead atoms. The zero-order valence-electron chi connectivity index (χ0n) is 14.4. The minimum absolute atomic E-state index is 0.0604. The molecule has 0 fully saturated rings. The Bertz CT molecular complexity index is 943. The summed E-state index contributed by atoms with van der Waals surface area (Å²) in [6.07, 6.45) is 2.72. The topological polar surface area (TPSA) is 84.2 Å². The van der Waals surface area contributed by atoms with Crippen molar-refractivity contribution in [2.45, 2.75) is 26.2 Å². The van der Waals surface area contributed by atoms with Gasteiger partial charge in [-0.15, -0.1) is 11.3 Å². The summed E-state index contributed by atoms with van der Waals surface area (Å²) in [5.74, 6) is -0.437. The van der Waals surface area contributed by atoms with Crippen molar-refractivity contribution in [1.29, 1.82) is 0 Å². The zero-order chi connectivity index (χ0) is 19.7. The van der Waals surface area contributed by atoms with Gasteiger partial charge in [-0.05, 0) is 55.1 Å². The van der Waals surface area contributed by atoms with Crippen molar-refractivity contribution >= 4 is 68.7 Å². The monoisotopic (exact) mass is 441 g/mol. The predicted molar refractivity (Wildman–Crippen MR) is 114 cm³/mol. The van der Waals surface area contributed by atoms with E-state index in [0.717, 1.165) is 29.7 Å². The molecule has 27 heavy (non-hydrogen) atoms. The van der Waals surface area contributed by atoms with E-state index in [4.69, 9.17) is 41.2 Å². The molecule has 1 heterocycles. The molecular weight excluding hydrogens is 425 g/mol. The Morgan fingerprint density at radius 2 is 2.07 bits per heavy atom. The van der Waals surface area contributed by atoms with E-state index in [2.05, 4.69) is 17.6 Å². The molecule has 0 radical (unpaired) electrons. The lowest BCUT2D eigenvalue weighted by Crippen LogP contribution is -2.34. The number of nitrogens with one attached hydrogen (secondary N) is 2. The number of thiocarbonyl (C=S) groups is 1. The second-order valence-electron chi connectivity index (χ2n) is 6.43. The normalized spacial score (nSPS) is 15.7. The molecule has 0 spiro atoms. The van der Waals surface area contributed by atoms with Crippen LogP contribution in [-0.4, -0.2) is 16.9 Å². The molecule has 0 aliphatic heterocycles. The molecule has 0 saturated heterocycles. The van der Waals surface area contributed by atoms with Crippen LogP contribution in [0.3, 0.4) is 0 Å². The number of thiophene rings is 1. The Morgan fingerprint density at radius 1 is 1.33 bits per heavy atom. The fraction of sp³-hybridized carbons (Fsp3) is 0.278. The van der Waals surface area contributed by atoms with Gasteiger partial charge < -0.3 is 11.1 Å². The number of primary amides is 1. The molecule has 0 saturated carbocycles. The van der Waals surface area contributed by atoms with Crippen LogP contribution >= 0.6 is 46.8 Å². The van der Waals surface area contributed by atoms with Crippen molar-refractivity contribution in [3.8, 4) is 0 Å². The molecule has 1 aromatic carbocycles. The Kier molecular flexibility index (Phi) is 6.05. The first-order valence-electron chi connectivity index (χ1n) is 8.28. The predicted octanol–water partition coefficient (Wildman–Crippen LogP) is 4.41. The number of carbonyl (C=O) groups excluding carboxylic acids is 2. The number of nitrogens with two attached hydrogens (primary N) is 1. The number of rotatable bonds is 3. The third kappa shape index (κ3) is 4.27. The van der Waals surface area contributed by atoms with E-state index in [1.165, 1.54) is 11.3 Å². The van der Waals surface area contributed by atoms with Crippen LogP contribution in [0.25, 0.3) is 0 Å². The van der Waals surface area contributed by atoms with Crippen molar-refractivity contribution in [3.05, 3.63) is 49.8 Å². The quantitative estimate of drug-likeness (QED) is 0.615. The van der Waals surface area contributed by atoms with Gasteiger partial charge in [-0.1, -0.05) is 36.2 Å². The number of carbonyl (C=O) groups is 2. The number of halogens is 2. The summed E-state index contributed by atoms with van der Waals surface area (Å²) in [5.41, 5.74) is 7.24. The number of benzene rings is 1. The van der Waals surface area contributed by atoms with Crippen molar-refractivity contribution in [1.82, 2.24) is 5.32 Å². The minimum atomic E-state index is -0.503. The lowest BCUT2D eigenvalue weighted by Gasteiger charge is -2.18. The van der Waals surface area contributed by atoms with E-state index >= 15 is 0 Å². The lowest BCUT2D eigenvalue weighted by molar-refractivity contribution is 0.0975. The van der Waals surface area contributed by atoms with E-state index in [9.17, 15) is 9.59 Å². The van der Waals surface area contributed by atoms with Crippen molar-refractivity contribution in [2.24, 2.45) is 11.7 Å². The van der Waals surface area contributed by atoms with Crippen LogP contribution in [0.4, 0.5) is 5.00 Å². The molecule has 4 N–H and O–H groups in total. The number of fused-ring (bicyclic) bond motifs is 1. The van der Waals surface area contributed by atoms with Gasteiger partial charge in [0.15, 0.2) is 5.11 Å². The van der Waals surface area contributed by atoms with Crippen LogP contribution in [0.15, 0.2) is 18.2 Å². The minimum Gasteiger partial charge on any atom is -0.365 e. The molecular formula is C18H17Cl2N3O2S2. The molecule has 9 heteroatoms. The second-order valence-corrected chi connectivity index (χ2v) is 8.73. The van der Waals surface area contributed by atoms with E-state index in [1.807, 2.05) is 0 Å². The average Bonchev–Trinajstić information content (AvgIpc) is 2.93. The van der Waals surface area contributed by atoms with Crippen LogP contribution in [0.2, 0.25) is 10.0 Å². The smallest absolute Gasteiger partial charge is 0.258 e. The summed E-state index contributed by atoms with van der Waals surface area (Å²) in [4.78, 5) is 25.5. The first kappa shape index (κ1) is 20.1. The summed E-state index contributed by atoms with van der Waals surface area (Å²) < 4.78 is 0. The second kappa shape index (κ2) is 8.14. The Balaban J connectivity index is 1.79. The van der Waals surface area contributed by atoms with Crippen molar-refractivity contribution in [2.75, 3.05) is 5.32 Å². The Morgan fingerprint density at radius 3 is 2.78 bits per heavy atom. The van der Waals surface area contributed by atoms with Gasteiger partial charge in [0, 0.05) is 4.88 Å². The maximum Gasteiger partial charge on any atom is 0.258 e. The third-order valence-electron chi connectivity index (χ3n) is 4.41. The summed E-state index contributed by atoms with van der Waals surface area (Å²) in [7, 11) is 0. The van der Waals surface area contributed by atoms with Crippen molar-refractivity contribution in [3.63, 3.8) is 0 Å². The van der Waals surface area contributed by atoms with Crippen molar-refractivity contribution < 1.29 is 9.59 Å². The Hall–Kier alpha value is -1.67. The third-order valence-corrected chi connectivity index (χ3v) is 6.60. The summed E-state index contributed by atoms with van der Waals surface area (Å²) in [6, 6.07) is 4.76. The number of hydrogen-bond acceptors (Lipinski definition) is 4. The van der Waals surface area contributed by atoms with Gasteiger partial charge in [0.2, 0.25) is 0 Å². The number of hydrogen-bond donors (Lipinski definition) is 3. The Labute approximate surface area is 176 Å². The van der Waals surface area contributed by atoms with Gasteiger partial charge in [0.1, 0.15) is 5.00 Å². The van der Waals surface area contributed by atoms with Gasteiger partial charge in [0.25, 0.3) is 11.8 Å². The van der Waals surface area contributed by atoms with Gasteiger partial charge in [-0.2, -0.15) is 0 Å². The summed E-state index contributed by atoms with van der Waals surface area (Å²) in [5, 5.41) is 6.55. The van der Waals surface area contributed by atoms with E-state index in [1.54, 1.807) is 18.2 Å². The maximum atomic E-state index is 12.4. The summed E-state index contributed by atoms with van der Waals surface area (Å²) in [6.45, 7) is 2.18. The first-order chi connectivity index (χ1) is 12.8. The van der Waals surface area contributed by atoms with Gasteiger partial charge >= 0.3 is 0 Å². The number of amides is 2. The number of anilines is 1. The highest BCUT2D eigenvalue weighted by molar-refractivity contribution is 7.80. The lowest BCUT2D eigenvalue weighted by atomic mass is 9.88. The SMILES string of the molecule is C[C@H]1CCc2c(sc(NC(=S)NC(=O)c3cccc(Cl)c3Cl)c2C(N)=O)C1. The molecule has 0 unspecified atom stereocenters. The highest BCUT2D eigenvalue weighted by Crippen LogP contribution is 2.39. The van der Waals surface area contributed by atoms with E-state index < -0.39 is 11.8 Å². The van der Waals surface area contributed by atoms with Crippen LogP contribution in [-0.2, 0) is 12.8 Å². The maximum absolute atomic E-state index is 12.4. The molecule has 1 atom stereocenters. The van der Waals surface area contributed by atoms with Crippen LogP contribution < -0.4 is 16.4 Å². The molecule has 1 aliphatic carbocycles. The van der Waals surface area contributed by atoms with Crippen LogP contribution in [0.5, 0.6) is 0 Å². The molecule has 1 aromatic heterocycles. The first-order valence-corrected chi connectivity index (χ1v) is 10.3. The largest absolute Gasteiger partial charge is 0.365 e. The zero-order valence-corrected chi connectivity index (χ0v) is 17.5. The van der Waals surface area contributed by atoms with Gasteiger partial charge in [0.05, 0.1) is 21.2 Å². The fourth-order valence-corrected chi connectivity index (χ4v) is 5.15.